The minimum atomic E-state index is -0.427. The molecule has 1 N–H and O–H groups in total. The summed E-state index contributed by atoms with van der Waals surface area (Å²) in [6, 6.07) is 12.2. The van der Waals surface area contributed by atoms with Gasteiger partial charge in [-0.2, -0.15) is 16.7 Å². The number of ether oxygens (including phenoxy) is 1. The molecule has 0 unspecified atom stereocenters. The fourth-order valence-corrected chi connectivity index (χ4v) is 3.04. The van der Waals surface area contributed by atoms with E-state index in [0.29, 0.717) is 35.0 Å². The topological polar surface area (TPSA) is 77.2 Å². The predicted molar refractivity (Wildman–Crippen MR) is 106 cm³/mol. The van der Waals surface area contributed by atoms with Crippen molar-refractivity contribution in [2.75, 3.05) is 19.1 Å². The highest BCUT2D eigenvalue weighted by atomic mass is 32.2. The summed E-state index contributed by atoms with van der Waals surface area (Å²) in [7, 11) is 1.57. The number of halogens is 1. The van der Waals surface area contributed by atoms with Crippen LogP contribution in [0.25, 0.3) is 11.4 Å². The minimum Gasteiger partial charge on any atom is -0.497 e. The molecular formula is C20H20FN3O3S. The quantitative estimate of drug-likeness (QED) is 0.612. The highest BCUT2D eigenvalue weighted by molar-refractivity contribution is 7.98. The molecule has 6 nitrogen and oxygen atoms in total. The zero-order chi connectivity index (χ0) is 19.9. The number of aromatic nitrogens is 2. The molecular weight excluding hydrogens is 381 g/mol. The molecule has 1 heterocycles. The molecule has 1 atom stereocenters. The van der Waals surface area contributed by atoms with Gasteiger partial charge in [-0.3, -0.25) is 4.79 Å². The maximum atomic E-state index is 13.1. The van der Waals surface area contributed by atoms with Gasteiger partial charge in [0.1, 0.15) is 17.6 Å². The summed E-state index contributed by atoms with van der Waals surface area (Å²) >= 11 is 1.66. The van der Waals surface area contributed by atoms with E-state index < -0.39 is 6.04 Å². The van der Waals surface area contributed by atoms with Gasteiger partial charge in [-0.25, -0.2) is 4.39 Å². The minimum absolute atomic E-state index is 0.240. The Morgan fingerprint density at radius 1 is 1.21 bits per heavy atom. The first-order valence-electron chi connectivity index (χ1n) is 8.64. The highest BCUT2D eigenvalue weighted by Crippen LogP contribution is 2.22. The van der Waals surface area contributed by atoms with Crippen LogP contribution in [-0.4, -0.2) is 35.2 Å². The zero-order valence-corrected chi connectivity index (χ0v) is 16.3. The summed E-state index contributed by atoms with van der Waals surface area (Å²) in [4.78, 5) is 17.0. The number of benzene rings is 2. The van der Waals surface area contributed by atoms with E-state index in [1.807, 2.05) is 6.26 Å². The Balaban J connectivity index is 1.77. The number of carbonyl (C=O) groups is 1. The third-order valence-corrected chi connectivity index (χ3v) is 4.75. The maximum absolute atomic E-state index is 13.1. The molecule has 0 fully saturated rings. The number of carbonyl (C=O) groups excluding carboxylic acids is 1. The first-order valence-corrected chi connectivity index (χ1v) is 10.0. The van der Waals surface area contributed by atoms with Gasteiger partial charge in [0.15, 0.2) is 0 Å². The Morgan fingerprint density at radius 2 is 1.93 bits per heavy atom. The standard InChI is InChI=1S/C20H20FN3O3S/c1-26-16-9-5-14(6-10-16)19(25)22-17(11-12-28-2)20-23-18(24-27-20)13-3-7-15(21)8-4-13/h3-10,17H,11-12H2,1-2H3,(H,22,25)/t17-/m0/s1. The van der Waals surface area contributed by atoms with Gasteiger partial charge in [0, 0.05) is 11.1 Å². The van der Waals surface area contributed by atoms with Crippen LogP contribution in [0.5, 0.6) is 5.75 Å². The smallest absolute Gasteiger partial charge is 0.251 e. The molecule has 1 aromatic heterocycles. The number of rotatable bonds is 8. The van der Waals surface area contributed by atoms with Gasteiger partial charge in [0.2, 0.25) is 11.7 Å². The molecule has 0 aliphatic rings. The number of nitrogens with zero attached hydrogens (tertiary/aromatic N) is 2. The van der Waals surface area contributed by atoms with Crippen molar-refractivity contribution in [3.63, 3.8) is 0 Å². The number of nitrogens with one attached hydrogen (secondary N) is 1. The van der Waals surface area contributed by atoms with Crippen LogP contribution in [0.3, 0.4) is 0 Å². The molecule has 0 aliphatic heterocycles. The van der Waals surface area contributed by atoms with Gasteiger partial charge in [-0.15, -0.1) is 0 Å². The second-order valence-electron chi connectivity index (χ2n) is 6.00. The average molecular weight is 401 g/mol. The van der Waals surface area contributed by atoms with Crippen LogP contribution in [0.2, 0.25) is 0 Å². The summed E-state index contributed by atoms with van der Waals surface area (Å²) < 4.78 is 23.6. The molecule has 3 rings (SSSR count). The van der Waals surface area contributed by atoms with E-state index in [-0.39, 0.29) is 11.7 Å². The Kier molecular flexibility index (Phi) is 6.65. The second kappa shape index (κ2) is 9.36. The molecule has 0 saturated heterocycles. The molecule has 3 aromatic rings. The van der Waals surface area contributed by atoms with Crippen LogP contribution in [0.1, 0.15) is 28.7 Å². The number of thioether (sulfide) groups is 1. The van der Waals surface area contributed by atoms with Crippen molar-refractivity contribution in [3.8, 4) is 17.1 Å². The predicted octanol–water partition coefficient (Wildman–Crippen LogP) is 4.11. The van der Waals surface area contributed by atoms with Crippen molar-refractivity contribution in [1.29, 1.82) is 0 Å². The summed E-state index contributed by atoms with van der Waals surface area (Å²) in [5.41, 5.74) is 1.15. The lowest BCUT2D eigenvalue weighted by Crippen LogP contribution is -2.29. The molecule has 0 saturated carbocycles. The van der Waals surface area contributed by atoms with E-state index in [4.69, 9.17) is 9.26 Å². The molecule has 2 aromatic carbocycles. The number of hydrogen-bond acceptors (Lipinski definition) is 6. The van der Waals surface area contributed by atoms with E-state index in [0.717, 1.165) is 5.75 Å². The van der Waals surface area contributed by atoms with Crippen molar-refractivity contribution < 1.29 is 18.4 Å². The Hall–Kier alpha value is -2.87. The third kappa shape index (κ3) is 4.89. The zero-order valence-electron chi connectivity index (χ0n) is 15.5. The van der Waals surface area contributed by atoms with Gasteiger partial charge >= 0.3 is 0 Å². The van der Waals surface area contributed by atoms with Crippen LogP contribution in [0.4, 0.5) is 4.39 Å². The summed E-state index contributed by atoms with van der Waals surface area (Å²) in [6.07, 6.45) is 2.62. The lowest BCUT2D eigenvalue weighted by Gasteiger charge is -2.14. The normalized spacial score (nSPS) is 11.8. The van der Waals surface area contributed by atoms with Crippen molar-refractivity contribution in [3.05, 3.63) is 65.8 Å². The van der Waals surface area contributed by atoms with Crippen LogP contribution in [0, 0.1) is 5.82 Å². The van der Waals surface area contributed by atoms with Crippen molar-refractivity contribution >= 4 is 17.7 Å². The first-order chi connectivity index (χ1) is 13.6. The van der Waals surface area contributed by atoms with Gasteiger partial charge in [0.25, 0.3) is 5.91 Å². The van der Waals surface area contributed by atoms with Crippen LogP contribution < -0.4 is 10.1 Å². The van der Waals surface area contributed by atoms with E-state index in [2.05, 4.69) is 15.5 Å². The van der Waals surface area contributed by atoms with Crippen molar-refractivity contribution in [2.24, 2.45) is 0 Å². The third-order valence-electron chi connectivity index (χ3n) is 4.11. The van der Waals surface area contributed by atoms with Gasteiger partial charge < -0.3 is 14.6 Å². The maximum Gasteiger partial charge on any atom is 0.251 e. The molecule has 0 radical (unpaired) electrons. The Labute approximate surface area is 166 Å². The van der Waals surface area contributed by atoms with Crippen LogP contribution >= 0.6 is 11.8 Å². The highest BCUT2D eigenvalue weighted by Gasteiger charge is 2.22. The monoisotopic (exact) mass is 401 g/mol. The van der Waals surface area contributed by atoms with Crippen molar-refractivity contribution in [2.45, 2.75) is 12.5 Å². The molecule has 1 amide bonds. The van der Waals surface area contributed by atoms with E-state index in [1.54, 1.807) is 55.3 Å². The number of hydrogen-bond donors (Lipinski definition) is 1. The van der Waals surface area contributed by atoms with Gasteiger partial charge in [-0.05, 0) is 67.0 Å². The summed E-state index contributed by atoms with van der Waals surface area (Å²) in [5, 5.41) is 6.91. The largest absolute Gasteiger partial charge is 0.497 e. The Morgan fingerprint density at radius 3 is 2.57 bits per heavy atom. The molecule has 28 heavy (non-hydrogen) atoms. The fraction of sp³-hybridized carbons (Fsp3) is 0.250. The number of amides is 1. The summed E-state index contributed by atoms with van der Waals surface area (Å²) in [5.74, 6) is 1.57. The van der Waals surface area contributed by atoms with Crippen LogP contribution in [-0.2, 0) is 0 Å². The van der Waals surface area contributed by atoms with Crippen LogP contribution in [0.15, 0.2) is 53.1 Å². The fourth-order valence-electron chi connectivity index (χ4n) is 2.57. The lowest BCUT2D eigenvalue weighted by atomic mass is 10.1. The van der Waals surface area contributed by atoms with E-state index in [1.165, 1.54) is 12.1 Å². The molecule has 146 valence electrons. The van der Waals surface area contributed by atoms with Crippen molar-refractivity contribution in [1.82, 2.24) is 15.5 Å². The number of methoxy groups -OCH3 is 1. The molecule has 0 spiro atoms. The van der Waals surface area contributed by atoms with E-state index >= 15 is 0 Å². The summed E-state index contributed by atoms with van der Waals surface area (Å²) in [6.45, 7) is 0. The van der Waals surface area contributed by atoms with E-state index in [9.17, 15) is 9.18 Å². The average Bonchev–Trinajstić information content (AvgIpc) is 3.21. The van der Waals surface area contributed by atoms with Gasteiger partial charge in [0.05, 0.1) is 7.11 Å². The second-order valence-corrected chi connectivity index (χ2v) is 6.98. The first kappa shape index (κ1) is 19.9. The lowest BCUT2D eigenvalue weighted by molar-refractivity contribution is 0.0927. The molecule has 0 bridgehead atoms. The molecule has 8 heteroatoms. The molecule has 0 aliphatic carbocycles. The SMILES string of the molecule is COc1ccc(C(=O)N[C@@H](CCSC)c2nc(-c3ccc(F)cc3)no2)cc1. The van der Waals surface area contributed by atoms with Gasteiger partial charge in [-0.1, -0.05) is 5.16 Å². The Bertz CT molecular complexity index is 913.